The average Bonchev–Trinajstić information content (AvgIpc) is 2.42. The summed E-state index contributed by atoms with van der Waals surface area (Å²) < 4.78 is 13.8. The fourth-order valence-electron chi connectivity index (χ4n) is 3.34. The Morgan fingerprint density at radius 2 is 1.95 bits per heavy atom. The molecule has 106 valence electrons. The number of aliphatic hydroxyl groups excluding tert-OH is 1. The van der Waals surface area contributed by atoms with Crippen LogP contribution >= 0.6 is 0 Å². The predicted molar refractivity (Wildman–Crippen MR) is 76.5 cm³/mol. The highest BCUT2D eigenvalue weighted by molar-refractivity contribution is 5.26. The van der Waals surface area contributed by atoms with Gasteiger partial charge in [-0.15, -0.1) is 0 Å². The highest BCUT2D eigenvalue weighted by atomic mass is 19.1. The molecule has 0 heterocycles. The normalized spacial score (nSPS) is 25.3. The van der Waals surface area contributed by atoms with Crippen LogP contribution in [0.2, 0.25) is 0 Å². The fourth-order valence-corrected chi connectivity index (χ4v) is 3.34. The van der Waals surface area contributed by atoms with Crippen molar-refractivity contribution < 1.29 is 9.50 Å². The Bertz CT molecular complexity index is 408. The monoisotopic (exact) mass is 264 g/mol. The van der Waals surface area contributed by atoms with Crippen LogP contribution in [-0.2, 0) is 0 Å². The van der Waals surface area contributed by atoms with E-state index in [1.54, 1.807) is 12.1 Å². The SMILES string of the molecule is CCCC1CCC(C(O)c2cc(C)ccc2F)CC1. The zero-order valence-corrected chi connectivity index (χ0v) is 12.0. The quantitative estimate of drug-likeness (QED) is 0.830. The molecule has 1 unspecified atom stereocenters. The molecule has 1 saturated carbocycles. The third-order valence-corrected chi connectivity index (χ3v) is 4.51. The van der Waals surface area contributed by atoms with Crippen molar-refractivity contribution in [2.75, 3.05) is 0 Å². The van der Waals surface area contributed by atoms with E-state index < -0.39 is 6.10 Å². The highest BCUT2D eigenvalue weighted by Crippen LogP contribution is 2.39. The van der Waals surface area contributed by atoms with Crippen molar-refractivity contribution in [3.05, 3.63) is 35.1 Å². The van der Waals surface area contributed by atoms with Crippen LogP contribution in [-0.4, -0.2) is 5.11 Å². The molecule has 1 fully saturated rings. The molecule has 0 bridgehead atoms. The zero-order valence-electron chi connectivity index (χ0n) is 12.0. The molecule has 19 heavy (non-hydrogen) atoms. The van der Waals surface area contributed by atoms with Crippen LogP contribution < -0.4 is 0 Å². The summed E-state index contributed by atoms with van der Waals surface area (Å²) in [5.74, 6) is 0.772. The van der Waals surface area contributed by atoms with Gasteiger partial charge in [-0.3, -0.25) is 0 Å². The van der Waals surface area contributed by atoms with Gasteiger partial charge < -0.3 is 5.11 Å². The second-order valence-corrected chi connectivity index (χ2v) is 6.04. The van der Waals surface area contributed by atoms with Crippen LogP contribution in [0.4, 0.5) is 4.39 Å². The lowest BCUT2D eigenvalue weighted by molar-refractivity contribution is 0.0693. The number of hydrogen-bond donors (Lipinski definition) is 1. The van der Waals surface area contributed by atoms with E-state index in [0.717, 1.165) is 24.3 Å². The first-order valence-electron chi connectivity index (χ1n) is 7.56. The molecular weight excluding hydrogens is 239 g/mol. The molecule has 1 aromatic carbocycles. The van der Waals surface area contributed by atoms with Crippen molar-refractivity contribution in [1.82, 2.24) is 0 Å². The molecule has 1 aliphatic rings. The lowest BCUT2D eigenvalue weighted by atomic mass is 9.76. The fraction of sp³-hybridized carbons (Fsp3) is 0.647. The number of hydrogen-bond acceptors (Lipinski definition) is 1. The van der Waals surface area contributed by atoms with Crippen LogP contribution in [0.25, 0.3) is 0 Å². The van der Waals surface area contributed by atoms with Gasteiger partial charge in [-0.05, 0) is 37.7 Å². The number of aliphatic hydroxyl groups is 1. The van der Waals surface area contributed by atoms with Crippen molar-refractivity contribution in [3.63, 3.8) is 0 Å². The average molecular weight is 264 g/mol. The molecule has 0 aromatic heterocycles. The topological polar surface area (TPSA) is 20.2 Å². The van der Waals surface area contributed by atoms with Gasteiger partial charge in [0.2, 0.25) is 0 Å². The van der Waals surface area contributed by atoms with E-state index in [1.807, 2.05) is 6.92 Å². The minimum Gasteiger partial charge on any atom is -0.388 e. The van der Waals surface area contributed by atoms with E-state index in [0.29, 0.717) is 5.56 Å². The molecule has 1 aromatic rings. The van der Waals surface area contributed by atoms with E-state index in [9.17, 15) is 9.50 Å². The number of benzene rings is 1. The smallest absolute Gasteiger partial charge is 0.129 e. The minimum absolute atomic E-state index is 0.226. The summed E-state index contributed by atoms with van der Waals surface area (Å²) in [5, 5.41) is 10.4. The molecule has 2 heteroatoms. The van der Waals surface area contributed by atoms with Gasteiger partial charge in [-0.2, -0.15) is 0 Å². The Morgan fingerprint density at radius 3 is 2.58 bits per heavy atom. The maximum Gasteiger partial charge on any atom is 0.129 e. The summed E-state index contributed by atoms with van der Waals surface area (Å²) in [6.45, 7) is 4.16. The maximum atomic E-state index is 13.8. The van der Waals surface area contributed by atoms with E-state index in [4.69, 9.17) is 0 Å². The maximum absolute atomic E-state index is 13.8. The van der Waals surface area contributed by atoms with Gasteiger partial charge in [-0.25, -0.2) is 4.39 Å². The molecule has 0 radical (unpaired) electrons. The predicted octanol–water partition coefficient (Wildman–Crippen LogP) is 4.77. The van der Waals surface area contributed by atoms with Gasteiger partial charge in [-0.1, -0.05) is 50.3 Å². The van der Waals surface area contributed by atoms with Gasteiger partial charge in [0, 0.05) is 5.56 Å². The van der Waals surface area contributed by atoms with Crippen LogP contribution in [0.1, 0.15) is 62.7 Å². The molecule has 0 saturated heterocycles. The van der Waals surface area contributed by atoms with E-state index in [1.165, 1.54) is 31.7 Å². The second-order valence-electron chi connectivity index (χ2n) is 6.04. The summed E-state index contributed by atoms with van der Waals surface area (Å²) >= 11 is 0. The van der Waals surface area contributed by atoms with Crippen molar-refractivity contribution in [2.24, 2.45) is 11.8 Å². The number of aryl methyl sites for hydroxylation is 1. The van der Waals surface area contributed by atoms with Gasteiger partial charge in [0.05, 0.1) is 6.10 Å². The van der Waals surface area contributed by atoms with Gasteiger partial charge in [0.15, 0.2) is 0 Å². The largest absolute Gasteiger partial charge is 0.388 e. The molecule has 1 atom stereocenters. The number of halogens is 1. The van der Waals surface area contributed by atoms with E-state index in [2.05, 4.69) is 6.92 Å². The van der Waals surface area contributed by atoms with Crippen LogP contribution in [0.3, 0.4) is 0 Å². The third-order valence-electron chi connectivity index (χ3n) is 4.51. The van der Waals surface area contributed by atoms with Crippen LogP contribution in [0.15, 0.2) is 18.2 Å². The molecule has 0 aliphatic heterocycles. The van der Waals surface area contributed by atoms with Gasteiger partial charge >= 0.3 is 0 Å². The second kappa shape index (κ2) is 6.51. The first-order chi connectivity index (χ1) is 9.11. The first kappa shape index (κ1) is 14.5. The summed E-state index contributed by atoms with van der Waals surface area (Å²) in [6.07, 6.45) is 6.32. The molecule has 0 spiro atoms. The third kappa shape index (κ3) is 3.56. The molecule has 1 aliphatic carbocycles. The highest BCUT2D eigenvalue weighted by Gasteiger charge is 2.28. The van der Waals surface area contributed by atoms with Crippen molar-refractivity contribution >= 4 is 0 Å². The Hall–Kier alpha value is -0.890. The minimum atomic E-state index is -0.637. The Labute approximate surface area is 115 Å². The molecule has 2 rings (SSSR count). The Morgan fingerprint density at radius 1 is 1.26 bits per heavy atom. The molecule has 0 amide bonds. The lowest BCUT2D eigenvalue weighted by Crippen LogP contribution is -2.21. The molecular formula is C17H25FO. The Kier molecular flexibility index (Phi) is 4.98. The molecule has 1 nitrogen and oxygen atoms in total. The van der Waals surface area contributed by atoms with E-state index >= 15 is 0 Å². The summed E-state index contributed by atoms with van der Waals surface area (Å²) in [7, 11) is 0. The standard InChI is InChI=1S/C17H25FO/c1-3-4-13-6-8-14(9-7-13)17(19)15-11-12(2)5-10-16(15)18/h5,10-11,13-14,17,19H,3-4,6-9H2,1-2H3. The van der Waals surface area contributed by atoms with E-state index in [-0.39, 0.29) is 11.7 Å². The van der Waals surface area contributed by atoms with Crippen LogP contribution in [0.5, 0.6) is 0 Å². The van der Waals surface area contributed by atoms with Crippen LogP contribution in [0, 0.1) is 24.6 Å². The lowest BCUT2D eigenvalue weighted by Gasteiger charge is -2.31. The van der Waals surface area contributed by atoms with Crippen molar-refractivity contribution in [2.45, 2.75) is 58.5 Å². The summed E-state index contributed by atoms with van der Waals surface area (Å²) in [5.41, 5.74) is 1.49. The molecule has 1 N–H and O–H groups in total. The number of rotatable bonds is 4. The van der Waals surface area contributed by atoms with Gasteiger partial charge in [0.1, 0.15) is 5.82 Å². The zero-order chi connectivity index (χ0) is 13.8. The first-order valence-corrected chi connectivity index (χ1v) is 7.56. The Balaban J connectivity index is 2.01. The van der Waals surface area contributed by atoms with Gasteiger partial charge in [0.25, 0.3) is 0 Å². The van der Waals surface area contributed by atoms with Crippen molar-refractivity contribution in [1.29, 1.82) is 0 Å². The van der Waals surface area contributed by atoms with Crippen molar-refractivity contribution in [3.8, 4) is 0 Å². The summed E-state index contributed by atoms with van der Waals surface area (Å²) in [6, 6.07) is 5.01. The summed E-state index contributed by atoms with van der Waals surface area (Å²) in [4.78, 5) is 0.